The number of hydrogen-bond acceptors (Lipinski definition) is 2. The van der Waals surface area contributed by atoms with Gasteiger partial charge in [0.1, 0.15) is 24.2 Å². The number of rotatable bonds is 2. The molecule has 0 aliphatic heterocycles. The molecule has 0 spiro atoms. The van der Waals surface area contributed by atoms with Crippen molar-refractivity contribution in [1.29, 1.82) is 0 Å². The normalized spacial score (nSPS) is 13.9. The zero-order valence-corrected chi connectivity index (χ0v) is 15.0. The first kappa shape index (κ1) is 17.0. The molecule has 108 valence electrons. The van der Waals surface area contributed by atoms with Crippen LogP contribution in [0.4, 0.5) is 0 Å². The van der Waals surface area contributed by atoms with Crippen LogP contribution in [0, 0.1) is 11.5 Å². The molecule has 0 heterocycles. The Kier molecular flexibility index (Phi) is 5.64. The summed E-state index contributed by atoms with van der Waals surface area (Å²) < 4.78 is 15.8. The first-order valence-electron chi connectivity index (χ1n) is 6.68. The lowest BCUT2D eigenvalue weighted by atomic mass is 10.1. The average molecular weight is 306 g/mol. The number of hydrogen-bond donors (Lipinski definition) is 0. The summed E-state index contributed by atoms with van der Waals surface area (Å²) in [6, 6.07) is 7.85. The first-order chi connectivity index (χ1) is 9.09. The van der Waals surface area contributed by atoms with E-state index in [4.69, 9.17) is 0 Å². The topological polar surface area (TPSA) is 35.4 Å². The third kappa shape index (κ3) is 5.95. The Morgan fingerprint density at radius 1 is 1.20 bits per heavy atom. The third-order valence-electron chi connectivity index (χ3n) is 2.34. The highest BCUT2D eigenvalue weighted by atomic mass is 32.2. The summed E-state index contributed by atoms with van der Waals surface area (Å²) >= 11 is -1.24. The van der Waals surface area contributed by atoms with E-state index in [2.05, 4.69) is 35.5 Å². The summed E-state index contributed by atoms with van der Waals surface area (Å²) in [7, 11) is -1.40. The molecule has 0 fully saturated rings. The molecule has 0 aromatic heterocycles. The second-order valence-corrected chi connectivity index (χ2v) is 13.4. The van der Waals surface area contributed by atoms with Crippen LogP contribution in [0.3, 0.4) is 0 Å². The van der Waals surface area contributed by atoms with E-state index in [1.165, 1.54) is 0 Å². The zero-order valence-electron chi connectivity index (χ0n) is 13.2. The standard InChI is InChI=1S/C16H23NOSSi/c1-16(2,3)19(18)17-13-15-10-8-7-9-14(15)11-12-20(4,5)6/h7-10,13H,1-6H3/b17-13+/t19-/m0/s1. The molecule has 0 bridgehead atoms. The van der Waals surface area contributed by atoms with Gasteiger partial charge in [-0.3, -0.25) is 0 Å². The third-order valence-corrected chi connectivity index (χ3v) is 4.56. The van der Waals surface area contributed by atoms with E-state index in [9.17, 15) is 4.55 Å². The first-order valence-corrected chi connectivity index (χ1v) is 11.3. The van der Waals surface area contributed by atoms with Crippen LogP contribution < -0.4 is 0 Å². The molecule has 0 saturated heterocycles. The summed E-state index contributed by atoms with van der Waals surface area (Å²) in [5, 5.41) is 0. The summed E-state index contributed by atoms with van der Waals surface area (Å²) in [5.74, 6) is 3.24. The fraction of sp³-hybridized carbons (Fsp3) is 0.438. The predicted octanol–water partition coefficient (Wildman–Crippen LogP) is 3.80. The van der Waals surface area contributed by atoms with Crippen LogP contribution in [-0.2, 0) is 11.4 Å². The van der Waals surface area contributed by atoms with Gasteiger partial charge in [-0.25, -0.2) is 0 Å². The van der Waals surface area contributed by atoms with Crippen LogP contribution >= 0.6 is 0 Å². The van der Waals surface area contributed by atoms with Crippen molar-refractivity contribution < 1.29 is 4.55 Å². The quantitative estimate of drug-likeness (QED) is 0.354. The van der Waals surface area contributed by atoms with Crippen LogP contribution in [0.2, 0.25) is 19.6 Å². The minimum absolute atomic E-state index is 0.338. The molecule has 0 radical (unpaired) electrons. The Balaban J connectivity index is 3.02. The van der Waals surface area contributed by atoms with Crippen molar-refractivity contribution in [1.82, 2.24) is 0 Å². The number of nitrogens with zero attached hydrogens (tertiary/aromatic N) is 1. The maximum absolute atomic E-state index is 12.0. The molecule has 20 heavy (non-hydrogen) atoms. The average Bonchev–Trinajstić information content (AvgIpc) is 2.32. The second kappa shape index (κ2) is 6.62. The molecule has 2 nitrogen and oxygen atoms in total. The monoisotopic (exact) mass is 305 g/mol. The van der Waals surface area contributed by atoms with Crippen molar-refractivity contribution >= 4 is 25.7 Å². The smallest absolute Gasteiger partial charge is 0.144 e. The molecule has 1 atom stereocenters. The Bertz CT molecular complexity index is 544. The SMILES string of the molecule is CC(C)(C)[S@+]([O-])/N=C/c1ccccc1C#C[Si](C)(C)C. The molecule has 1 rings (SSSR count). The lowest BCUT2D eigenvalue weighted by Crippen LogP contribution is -2.25. The van der Waals surface area contributed by atoms with Gasteiger partial charge in [-0.05, 0) is 26.8 Å². The summed E-state index contributed by atoms with van der Waals surface area (Å²) in [4.78, 5) is 0. The molecule has 0 aliphatic rings. The Morgan fingerprint density at radius 3 is 2.35 bits per heavy atom. The van der Waals surface area contributed by atoms with Crippen molar-refractivity contribution in [3.05, 3.63) is 35.4 Å². The fourth-order valence-corrected chi connectivity index (χ4v) is 2.28. The van der Waals surface area contributed by atoms with Gasteiger partial charge in [-0.2, -0.15) is 0 Å². The zero-order chi connectivity index (χ0) is 15.4. The van der Waals surface area contributed by atoms with E-state index in [0.29, 0.717) is 0 Å². The van der Waals surface area contributed by atoms with Crippen molar-refractivity contribution in [2.75, 3.05) is 0 Å². The summed E-state index contributed by atoms with van der Waals surface area (Å²) in [6.07, 6.45) is 1.68. The maximum Gasteiger partial charge on any atom is 0.144 e. The van der Waals surface area contributed by atoms with E-state index in [0.717, 1.165) is 11.1 Å². The van der Waals surface area contributed by atoms with Crippen molar-refractivity contribution in [3.8, 4) is 11.5 Å². The van der Waals surface area contributed by atoms with Crippen molar-refractivity contribution in [2.45, 2.75) is 45.2 Å². The molecule has 1 aromatic carbocycles. The van der Waals surface area contributed by atoms with E-state index >= 15 is 0 Å². The fourth-order valence-electron chi connectivity index (χ4n) is 1.24. The lowest BCUT2D eigenvalue weighted by Gasteiger charge is -2.17. The molecule has 0 unspecified atom stereocenters. The highest BCUT2D eigenvalue weighted by Crippen LogP contribution is 2.17. The molecule has 4 heteroatoms. The van der Waals surface area contributed by atoms with Gasteiger partial charge in [-0.1, -0.05) is 48.2 Å². The van der Waals surface area contributed by atoms with Crippen LogP contribution in [0.15, 0.2) is 28.7 Å². The molecule has 0 aliphatic carbocycles. The van der Waals surface area contributed by atoms with Crippen molar-refractivity contribution in [2.24, 2.45) is 4.40 Å². The lowest BCUT2D eigenvalue weighted by molar-refractivity contribution is 0.562. The van der Waals surface area contributed by atoms with Gasteiger partial charge < -0.3 is 4.55 Å². The molecule has 0 saturated carbocycles. The van der Waals surface area contributed by atoms with Crippen LogP contribution in [0.5, 0.6) is 0 Å². The minimum atomic E-state index is -1.40. The van der Waals surface area contributed by atoms with Gasteiger partial charge in [-0.15, -0.1) is 5.54 Å². The van der Waals surface area contributed by atoms with Crippen molar-refractivity contribution in [3.63, 3.8) is 0 Å². The van der Waals surface area contributed by atoms with Gasteiger partial charge >= 0.3 is 0 Å². The Hall–Kier alpha value is -1.02. The van der Waals surface area contributed by atoms with Crippen LogP contribution in [0.1, 0.15) is 31.9 Å². The van der Waals surface area contributed by atoms with Gasteiger partial charge in [0.25, 0.3) is 0 Å². The highest BCUT2D eigenvalue weighted by Gasteiger charge is 2.25. The maximum atomic E-state index is 12.0. The van der Waals surface area contributed by atoms with E-state index in [-0.39, 0.29) is 4.75 Å². The molecular weight excluding hydrogens is 282 g/mol. The summed E-state index contributed by atoms with van der Waals surface area (Å²) in [6.45, 7) is 12.4. The molecule has 0 N–H and O–H groups in total. The Labute approximate surface area is 127 Å². The Morgan fingerprint density at radius 2 is 1.80 bits per heavy atom. The summed E-state index contributed by atoms with van der Waals surface area (Å²) in [5.41, 5.74) is 5.22. The molecule has 1 aromatic rings. The van der Waals surface area contributed by atoms with E-state index < -0.39 is 19.4 Å². The predicted molar refractivity (Wildman–Crippen MR) is 92.2 cm³/mol. The minimum Gasteiger partial charge on any atom is -0.591 e. The van der Waals surface area contributed by atoms with Gasteiger partial charge in [0.05, 0.1) is 6.21 Å². The van der Waals surface area contributed by atoms with Crippen LogP contribution in [0.25, 0.3) is 0 Å². The largest absolute Gasteiger partial charge is 0.591 e. The molecule has 0 amide bonds. The van der Waals surface area contributed by atoms with E-state index in [1.807, 2.05) is 45.0 Å². The van der Waals surface area contributed by atoms with Crippen LogP contribution in [-0.4, -0.2) is 23.6 Å². The molecular formula is C16H23NOSSi. The van der Waals surface area contributed by atoms with Gasteiger partial charge in [0, 0.05) is 11.1 Å². The van der Waals surface area contributed by atoms with Gasteiger partial charge in [0.2, 0.25) is 0 Å². The van der Waals surface area contributed by atoms with E-state index in [1.54, 1.807) is 6.21 Å². The van der Waals surface area contributed by atoms with Gasteiger partial charge in [0.15, 0.2) is 0 Å². The highest BCUT2D eigenvalue weighted by molar-refractivity contribution is 7.91. The second-order valence-electron chi connectivity index (χ2n) is 6.68. The number of benzene rings is 1.